The molecule has 0 aliphatic heterocycles. The van der Waals surface area contributed by atoms with Crippen molar-refractivity contribution in [3.05, 3.63) is 310 Å². The van der Waals surface area contributed by atoms with Crippen molar-refractivity contribution in [1.29, 1.82) is 0 Å². The molecule has 24 heteroatoms. The summed E-state index contributed by atoms with van der Waals surface area (Å²) in [6.07, 6.45) is 48.6. The van der Waals surface area contributed by atoms with Crippen LogP contribution in [0.1, 0.15) is 288 Å². The molecule has 13 aromatic rings. The van der Waals surface area contributed by atoms with Gasteiger partial charge < -0.3 is 38.5 Å². The number of fused-ring (bicyclic) bond motifs is 6. The molecule has 0 saturated heterocycles. The fourth-order valence-corrected chi connectivity index (χ4v) is 19.4. The third kappa shape index (κ3) is 34.9. The Morgan fingerprint density at radius 2 is 0.618 bits per heavy atom. The highest BCUT2D eigenvalue weighted by atomic mass is 32.2. The van der Waals surface area contributed by atoms with Crippen LogP contribution in [-0.4, -0.2) is 78.6 Å². The molecule has 2 amide bonds. The van der Waals surface area contributed by atoms with Gasteiger partial charge in [-0.15, -0.1) is 11.8 Å². The molecule has 13 rings (SSSR count). The Morgan fingerprint density at radius 1 is 0.333 bits per heavy atom. The number of thiocarbonyl (C=S) groups is 1. The zero-order chi connectivity index (χ0) is 104. The Kier molecular flexibility index (Phi) is 53.2. The van der Waals surface area contributed by atoms with Gasteiger partial charge in [0.2, 0.25) is 5.12 Å². The maximum atomic E-state index is 12.8. The van der Waals surface area contributed by atoms with Gasteiger partial charge in [0.05, 0.1) is 57.7 Å². The van der Waals surface area contributed by atoms with Crippen LogP contribution >= 0.6 is 59.3 Å². The van der Waals surface area contributed by atoms with Crippen molar-refractivity contribution < 1.29 is 14.4 Å². The quantitative estimate of drug-likeness (QED) is 0.0139. The van der Waals surface area contributed by atoms with Crippen molar-refractivity contribution in [3.63, 3.8) is 0 Å². The number of thioether (sulfide) groups is 4. The number of amides is 2. The third-order valence-electron chi connectivity index (χ3n) is 26.9. The van der Waals surface area contributed by atoms with E-state index in [0.29, 0.717) is 44.0 Å². The molecule has 0 radical (unpaired) electrons. The number of aliphatic imine (C=N–C) groups is 2. The standard InChI is InChI=1S/C21H30N2O2S.C21H30N2OS.C21H29NO2S.C20H28N2O2S.C19H24N2OS.C18H15NO/c1-4-5-6-7-8-9-13-18-16(2)20(24)17-12-10-11-14-19(17)23(18)15-22-21(25)26-3;1-5-6-7-8-9-13-19-16(2)21(24)18-12-10-11-14-20(18)23(19)15-22-17(3)25-4;1-4-5-6-7-8-9-13-18-16(2)21(24)17-12-10-11-14-19(17)22(18)15-20(23)25-3;1-4-5-6-7-8-12-17-15(2)19(23)16-11-9-10-13-18(16)22(17)14-21-20(24)25-3;1-3-4-5-6-7-11-17-15(2)19(22)16-10-8-9-12-18(16)21(17)13-20-14-23;1-13-16(12-11-14-7-3-2-4-8-14)19-17-10-6-5-9-15(17)18(13)20/h10-12,14H,4-9,13,15H2,1-3H3,(H,22,25);10-12,14H,5-9,13,15H2,1-4H3;10-12,14H,4-9,13,15H2,1-3H3;9-11,13H,4-8,12,14H2,1-3H3,(H,21,24);8-10,12H,3-7,11,13H2,1-2H3;2-12H,1H3,(H,19,20)/b;;;;;12-11+. The zero-order valence-corrected chi connectivity index (χ0v) is 92.5. The normalized spacial score (nSPS) is 11.2. The maximum Gasteiger partial charge on any atom is 0.280 e. The van der Waals surface area contributed by atoms with Crippen molar-refractivity contribution in [3.8, 4) is 0 Å². The topological polar surface area (TPSA) is 243 Å². The summed E-state index contributed by atoms with van der Waals surface area (Å²) in [5.74, 6) is 0. The van der Waals surface area contributed by atoms with Crippen LogP contribution in [0.5, 0.6) is 0 Å². The molecular formula is C120H156N10O9S5. The smallest absolute Gasteiger partial charge is 0.280 e. The van der Waals surface area contributed by atoms with Gasteiger partial charge in [0, 0.05) is 105 Å². The van der Waals surface area contributed by atoms with Gasteiger partial charge in [0.1, 0.15) is 13.3 Å². The van der Waals surface area contributed by atoms with E-state index in [9.17, 15) is 43.2 Å². The molecule has 770 valence electrons. The van der Waals surface area contributed by atoms with Gasteiger partial charge in [-0.2, -0.15) is 0 Å². The molecule has 144 heavy (non-hydrogen) atoms. The van der Waals surface area contributed by atoms with Gasteiger partial charge in [-0.05, 0) is 234 Å². The van der Waals surface area contributed by atoms with E-state index in [1.807, 2.05) is 249 Å². The van der Waals surface area contributed by atoms with Gasteiger partial charge in [-0.25, -0.2) is 4.99 Å². The number of isothiocyanates is 1. The first-order valence-corrected chi connectivity index (χ1v) is 57.3. The summed E-state index contributed by atoms with van der Waals surface area (Å²) in [5, 5.41) is 13.8. The first-order valence-electron chi connectivity index (χ1n) is 52.0. The molecule has 0 saturated carbocycles. The number of hydrogen-bond donors (Lipinski definition) is 3. The Morgan fingerprint density at radius 3 is 0.951 bits per heavy atom. The Hall–Kier alpha value is -11.0. The second-order valence-electron chi connectivity index (χ2n) is 36.8. The predicted molar refractivity (Wildman–Crippen MR) is 625 cm³/mol. The van der Waals surface area contributed by atoms with E-state index in [1.165, 1.54) is 165 Å². The highest BCUT2D eigenvalue weighted by Crippen LogP contribution is 2.28. The minimum Gasteiger partial charge on any atom is -0.355 e. The van der Waals surface area contributed by atoms with Gasteiger partial charge in [0.25, 0.3) is 10.5 Å². The fourth-order valence-electron chi connectivity index (χ4n) is 18.4. The number of hydrogen-bond acceptors (Lipinski definition) is 16. The predicted octanol–water partition coefficient (Wildman–Crippen LogP) is 29.7. The number of para-hydroxylation sites is 6. The number of nitrogens with zero attached hydrogens (tertiary/aromatic N) is 7. The van der Waals surface area contributed by atoms with Crippen LogP contribution in [0.25, 0.3) is 77.6 Å². The van der Waals surface area contributed by atoms with Crippen LogP contribution in [0.2, 0.25) is 0 Å². The molecule has 6 aromatic heterocycles. The average Bonchev–Trinajstić information content (AvgIpc) is 0.766. The number of carbonyl (C=O) groups is 3. The van der Waals surface area contributed by atoms with Crippen LogP contribution in [0.3, 0.4) is 0 Å². The highest BCUT2D eigenvalue weighted by molar-refractivity contribution is 8.13. The number of H-pyrrole nitrogens is 1. The van der Waals surface area contributed by atoms with E-state index in [2.05, 4.69) is 83.2 Å². The second kappa shape index (κ2) is 64.8. The number of benzene rings is 7. The second-order valence-corrected chi connectivity index (χ2v) is 40.4. The Bertz CT molecular complexity index is 6860. The van der Waals surface area contributed by atoms with E-state index >= 15 is 0 Å². The molecule has 6 heterocycles. The number of nitrogens with one attached hydrogen (secondary N) is 3. The molecule has 0 bridgehead atoms. The lowest BCUT2D eigenvalue weighted by atomic mass is 10.0. The largest absolute Gasteiger partial charge is 0.355 e. The van der Waals surface area contributed by atoms with Crippen molar-refractivity contribution >= 4 is 163 Å². The molecule has 0 atom stereocenters. The number of unbranched alkanes of at least 4 members (excludes halogenated alkanes) is 22. The molecule has 0 spiro atoms. The minimum atomic E-state index is -0.0608. The van der Waals surface area contributed by atoms with Gasteiger partial charge in [-0.1, -0.05) is 320 Å². The average molecular weight is 2040 g/mol. The van der Waals surface area contributed by atoms with E-state index in [4.69, 9.17) is 17.2 Å². The van der Waals surface area contributed by atoms with Gasteiger partial charge in [-0.3, -0.25) is 48.1 Å². The SMILES string of the molecule is CCCCCCCCc1c(C)c(=O)c2ccccc2n1CC(=O)SC.CCCCCCCCc1c(C)c(=O)c2ccccc2n1CNC(=O)SC.CCCCCCCc1c(C)c(=O)c2ccccc2n1CN=C(C)SC.CCCCCCCc1c(C)c(=O)c2ccccc2n1CN=C=S.CCCCCCCc1c(C)c(=O)c2ccccc2n1CNC(=O)SC.Cc1c(/C=C/c2ccccc2)[nH]c2ccccc2c1=O. The van der Waals surface area contributed by atoms with Crippen LogP contribution in [0, 0.1) is 41.5 Å². The molecule has 19 nitrogen and oxygen atoms in total. The zero-order valence-electron chi connectivity index (χ0n) is 88.4. The maximum absolute atomic E-state index is 12.8. The lowest BCUT2D eigenvalue weighted by Crippen LogP contribution is -2.27. The number of pyridine rings is 6. The first-order chi connectivity index (χ1) is 69.8. The van der Waals surface area contributed by atoms with E-state index < -0.39 is 0 Å². The summed E-state index contributed by atoms with van der Waals surface area (Å²) in [6.45, 7) is 26.7. The van der Waals surface area contributed by atoms with Crippen LogP contribution in [0.15, 0.2) is 215 Å². The van der Waals surface area contributed by atoms with Gasteiger partial charge in [0.15, 0.2) is 32.6 Å². The number of rotatable bonds is 44. The van der Waals surface area contributed by atoms with Crippen molar-refractivity contribution in [2.75, 3.05) is 25.0 Å². The summed E-state index contributed by atoms with van der Waals surface area (Å²) in [5.41, 5.74) is 18.3. The number of carbonyl (C=O) groups excluding carboxylic acids is 3. The minimum absolute atomic E-state index is 0.0593. The first kappa shape index (κ1) is 118. The van der Waals surface area contributed by atoms with E-state index in [1.54, 1.807) is 24.3 Å². The van der Waals surface area contributed by atoms with Crippen molar-refractivity contribution in [2.24, 2.45) is 9.98 Å². The van der Waals surface area contributed by atoms with Crippen molar-refractivity contribution in [1.82, 2.24) is 38.5 Å². The lowest BCUT2D eigenvalue weighted by molar-refractivity contribution is -0.111. The van der Waals surface area contributed by atoms with Crippen LogP contribution in [-0.2, 0) is 70.1 Å². The number of aromatic nitrogens is 6. The van der Waals surface area contributed by atoms with E-state index in [-0.39, 0.29) is 48.2 Å². The van der Waals surface area contributed by atoms with Crippen LogP contribution in [0.4, 0.5) is 9.59 Å². The van der Waals surface area contributed by atoms with Crippen molar-refractivity contribution in [2.45, 2.75) is 322 Å². The van der Waals surface area contributed by atoms with Crippen LogP contribution < -0.4 is 43.2 Å². The Balaban J connectivity index is 0.000000211. The third-order valence-corrected chi connectivity index (χ3v) is 29.3. The highest BCUT2D eigenvalue weighted by Gasteiger charge is 2.22. The van der Waals surface area contributed by atoms with Gasteiger partial charge >= 0.3 is 0 Å². The molecular weight excluding hydrogens is 1890 g/mol. The summed E-state index contributed by atoms with van der Waals surface area (Å²) >= 11 is 9.96. The lowest BCUT2D eigenvalue weighted by Gasteiger charge is -2.19. The molecule has 7 aromatic carbocycles. The molecule has 0 aliphatic rings. The van der Waals surface area contributed by atoms with E-state index in [0.717, 1.165) is 209 Å². The monoisotopic (exact) mass is 2040 g/mol. The molecule has 0 fully saturated rings. The molecule has 3 N–H and O–H groups in total. The summed E-state index contributed by atoms with van der Waals surface area (Å²) in [6, 6.07) is 56.2. The fraction of sp³-hybridized carbons (Fsp3) is 0.442. The summed E-state index contributed by atoms with van der Waals surface area (Å²) in [7, 11) is 0. The summed E-state index contributed by atoms with van der Waals surface area (Å²) in [4.78, 5) is 124. The summed E-state index contributed by atoms with van der Waals surface area (Å²) < 4.78 is 10.6. The number of aromatic amines is 1. The molecule has 0 aliphatic carbocycles. The molecule has 0 unspecified atom stereocenters. The Labute approximate surface area is 876 Å².